The molecule has 0 radical (unpaired) electrons. The monoisotopic (exact) mass is 438 g/mol. The van der Waals surface area contributed by atoms with Crippen LogP contribution in [0.5, 0.6) is 0 Å². The molecular formula is C25H28NO6-. The SMILES string of the molecule is Cc1oc2c(C)c3oc(=O)c(CC(=O)NCC4CCC(C(=O)[O-])CC4)c(C)c3cc2c1C. The third kappa shape index (κ3) is 3.92. The highest BCUT2D eigenvalue weighted by Crippen LogP contribution is 2.34. The summed E-state index contributed by atoms with van der Waals surface area (Å²) >= 11 is 0. The Kier molecular flexibility index (Phi) is 5.84. The van der Waals surface area contributed by atoms with Gasteiger partial charge in [0.2, 0.25) is 5.91 Å². The molecule has 1 aromatic carbocycles. The van der Waals surface area contributed by atoms with E-state index in [2.05, 4.69) is 5.32 Å². The number of carbonyl (C=O) groups is 2. The van der Waals surface area contributed by atoms with Crippen molar-refractivity contribution in [1.29, 1.82) is 0 Å². The van der Waals surface area contributed by atoms with E-state index in [1.54, 1.807) is 0 Å². The number of carbonyl (C=O) groups excluding carboxylic acids is 2. The molecule has 3 aromatic rings. The predicted molar refractivity (Wildman–Crippen MR) is 118 cm³/mol. The summed E-state index contributed by atoms with van der Waals surface area (Å²) in [7, 11) is 0. The minimum Gasteiger partial charge on any atom is -0.550 e. The summed E-state index contributed by atoms with van der Waals surface area (Å²) in [5, 5.41) is 15.7. The van der Waals surface area contributed by atoms with Gasteiger partial charge in [0, 0.05) is 28.8 Å². The van der Waals surface area contributed by atoms with Crippen molar-refractivity contribution in [3.8, 4) is 0 Å². The number of hydrogen-bond acceptors (Lipinski definition) is 6. The summed E-state index contributed by atoms with van der Waals surface area (Å²) in [5.41, 5.74) is 3.61. The average Bonchev–Trinajstić information content (AvgIpc) is 3.05. The van der Waals surface area contributed by atoms with Crippen molar-refractivity contribution in [2.24, 2.45) is 11.8 Å². The molecular weight excluding hydrogens is 410 g/mol. The average molecular weight is 439 g/mol. The van der Waals surface area contributed by atoms with Gasteiger partial charge in [-0.25, -0.2) is 4.79 Å². The van der Waals surface area contributed by atoms with Gasteiger partial charge in [0.25, 0.3) is 0 Å². The number of aliphatic carboxylic acids is 1. The van der Waals surface area contributed by atoms with E-state index in [9.17, 15) is 19.5 Å². The molecule has 2 aromatic heterocycles. The fraction of sp³-hybridized carbons (Fsp3) is 0.480. The van der Waals surface area contributed by atoms with Gasteiger partial charge in [0.05, 0.1) is 12.0 Å². The van der Waals surface area contributed by atoms with Crippen LogP contribution in [0.25, 0.3) is 21.9 Å². The summed E-state index contributed by atoms with van der Waals surface area (Å²) in [4.78, 5) is 36.3. The Hall–Kier alpha value is -3.09. The normalized spacial score (nSPS) is 18.9. The molecule has 4 rings (SSSR count). The summed E-state index contributed by atoms with van der Waals surface area (Å²) in [6, 6.07) is 1.97. The van der Waals surface area contributed by atoms with Gasteiger partial charge in [-0.3, -0.25) is 4.79 Å². The first-order valence-electron chi connectivity index (χ1n) is 11.1. The van der Waals surface area contributed by atoms with E-state index in [1.807, 2.05) is 33.8 Å². The van der Waals surface area contributed by atoms with Gasteiger partial charge < -0.3 is 24.1 Å². The van der Waals surface area contributed by atoms with Crippen LogP contribution in [-0.4, -0.2) is 18.4 Å². The Morgan fingerprint density at radius 2 is 1.59 bits per heavy atom. The van der Waals surface area contributed by atoms with Crippen LogP contribution < -0.4 is 16.0 Å². The number of furan rings is 1. The molecule has 2 heterocycles. The first kappa shape index (κ1) is 22.1. The predicted octanol–water partition coefficient (Wildman–Crippen LogP) is 2.99. The fourth-order valence-electron chi connectivity index (χ4n) is 4.78. The first-order chi connectivity index (χ1) is 15.2. The second-order valence-corrected chi connectivity index (χ2v) is 9.05. The second kappa shape index (κ2) is 8.45. The number of benzene rings is 1. The van der Waals surface area contributed by atoms with E-state index in [0.29, 0.717) is 36.1 Å². The molecule has 0 bridgehead atoms. The van der Waals surface area contributed by atoms with Gasteiger partial charge in [-0.05, 0) is 82.4 Å². The van der Waals surface area contributed by atoms with Gasteiger partial charge in [0.1, 0.15) is 16.9 Å². The number of amides is 1. The number of hydrogen-bond donors (Lipinski definition) is 1. The standard InChI is InChI=1S/C25H29NO6/c1-12-15(4)31-22-14(3)23-19(9-18(12)22)13(2)20(25(30)32-23)10-21(27)26-11-16-5-7-17(8-6-16)24(28)29/h9,16-17H,5-8,10-11H2,1-4H3,(H,26,27)(H,28,29)/p-1. The van der Waals surface area contributed by atoms with Crippen LogP contribution in [0.2, 0.25) is 0 Å². The quantitative estimate of drug-likeness (QED) is 0.613. The van der Waals surface area contributed by atoms with Crippen molar-refractivity contribution in [3.05, 3.63) is 44.5 Å². The maximum Gasteiger partial charge on any atom is 0.340 e. The molecule has 7 heteroatoms. The molecule has 0 saturated heterocycles. The lowest BCUT2D eigenvalue weighted by atomic mass is 9.82. The van der Waals surface area contributed by atoms with E-state index in [0.717, 1.165) is 46.1 Å². The molecule has 1 amide bonds. The zero-order valence-corrected chi connectivity index (χ0v) is 18.9. The number of carboxylic acids is 1. The Morgan fingerprint density at radius 1 is 0.969 bits per heavy atom. The van der Waals surface area contributed by atoms with Crippen molar-refractivity contribution >= 4 is 33.8 Å². The van der Waals surface area contributed by atoms with Crippen LogP contribution in [0.1, 0.15) is 53.7 Å². The highest BCUT2D eigenvalue weighted by atomic mass is 16.4. The van der Waals surface area contributed by atoms with Crippen molar-refractivity contribution < 1.29 is 23.5 Å². The topological polar surface area (TPSA) is 113 Å². The van der Waals surface area contributed by atoms with E-state index >= 15 is 0 Å². The van der Waals surface area contributed by atoms with Gasteiger partial charge in [-0.1, -0.05) is 0 Å². The van der Waals surface area contributed by atoms with Crippen LogP contribution in [0.3, 0.4) is 0 Å². The molecule has 0 atom stereocenters. The summed E-state index contributed by atoms with van der Waals surface area (Å²) in [6.07, 6.45) is 2.59. The van der Waals surface area contributed by atoms with Crippen molar-refractivity contribution in [2.75, 3.05) is 6.54 Å². The Morgan fingerprint density at radius 3 is 2.25 bits per heavy atom. The van der Waals surface area contributed by atoms with Crippen LogP contribution >= 0.6 is 0 Å². The van der Waals surface area contributed by atoms with Crippen LogP contribution in [-0.2, 0) is 16.0 Å². The van der Waals surface area contributed by atoms with Gasteiger partial charge >= 0.3 is 5.63 Å². The van der Waals surface area contributed by atoms with Crippen LogP contribution in [0.15, 0.2) is 19.7 Å². The van der Waals surface area contributed by atoms with Crippen molar-refractivity contribution in [2.45, 2.75) is 59.8 Å². The number of nitrogens with one attached hydrogen (secondary N) is 1. The van der Waals surface area contributed by atoms with E-state index in [-0.39, 0.29) is 24.2 Å². The molecule has 1 aliphatic rings. The zero-order chi connectivity index (χ0) is 23.2. The first-order valence-corrected chi connectivity index (χ1v) is 11.1. The lowest BCUT2D eigenvalue weighted by molar-refractivity contribution is -0.312. The molecule has 0 aliphatic heterocycles. The maximum atomic E-state index is 12.7. The summed E-state index contributed by atoms with van der Waals surface area (Å²) in [5.74, 6) is -0.544. The Labute approximate surface area is 185 Å². The molecule has 1 aliphatic carbocycles. The van der Waals surface area contributed by atoms with Crippen molar-refractivity contribution in [1.82, 2.24) is 5.32 Å². The maximum absolute atomic E-state index is 12.7. The highest BCUT2D eigenvalue weighted by molar-refractivity contribution is 6.00. The fourth-order valence-corrected chi connectivity index (χ4v) is 4.78. The lowest BCUT2D eigenvalue weighted by Crippen LogP contribution is -2.37. The van der Waals surface area contributed by atoms with Crippen molar-refractivity contribution in [3.63, 3.8) is 0 Å². The largest absolute Gasteiger partial charge is 0.550 e. The van der Waals surface area contributed by atoms with E-state index in [4.69, 9.17) is 8.83 Å². The number of fused-ring (bicyclic) bond motifs is 2. The van der Waals surface area contributed by atoms with Crippen LogP contribution in [0.4, 0.5) is 0 Å². The zero-order valence-electron chi connectivity index (χ0n) is 18.9. The molecule has 1 fully saturated rings. The molecule has 32 heavy (non-hydrogen) atoms. The minimum atomic E-state index is -0.987. The van der Waals surface area contributed by atoms with E-state index < -0.39 is 11.6 Å². The number of carboxylic acid groups (broad SMARTS) is 1. The van der Waals surface area contributed by atoms with Crippen LogP contribution in [0, 0.1) is 39.5 Å². The third-order valence-electron chi connectivity index (χ3n) is 7.05. The Bertz CT molecular complexity index is 1270. The van der Waals surface area contributed by atoms with E-state index in [1.165, 1.54) is 0 Å². The molecule has 170 valence electrons. The molecule has 1 N–H and O–H groups in total. The summed E-state index contributed by atoms with van der Waals surface area (Å²) < 4.78 is 11.5. The smallest absolute Gasteiger partial charge is 0.340 e. The number of aryl methyl sites for hydroxylation is 4. The van der Waals surface area contributed by atoms with Gasteiger partial charge in [0.15, 0.2) is 0 Å². The molecule has 0 unspecified atom stereocenters. The minimum absolute atomic E-state index is 0.0566. The second-order valence-electron chi connectivity index (χ2n) is 9.05. The third-order valence-corrected chi connectivity index (χ3v) is 7.05. The molecule has 7 nitrogen and oxygen atoms in total. The molecule has 1 saturated carbocycles. The number of rotatable bonds is 5. The van der Waals surface area contributed by atoms with Gasteiger partial charge in [-0.2, -0.15) is 0 Å². The molecule has 0 spiro atoms. The lowest BCUT2D eigenvalue weighted by Gasteiger charge is -2.29. The highest BCUT2D eigenvalue weighted by Gasteiger charge is 2.23. The van der Waals surface area contributed by atoms with Gasteiger partial charge in [-0.15, -0.1) is 0 Å². The summed E-state index contributed by atoms with van der Waals surface area (Å²) in [6.45, 7) is 8.09. The Balaban J connectivity index is 1.53.